The zero-order valence-electron chi connectivity index (χ0n) is 25.4. The molecule has 9 nitrogen and oxygen atoms in total. The number of aliphatic carboxylic acids is 1. The summed E-state index contributed by atoms with van der Waals surface area (Å²) in [5.41, 5.74) is 3.99. The summed E-state index contributed by atoms with van der Waals surface area (Å²) in [5, 5.41) is 43.0. The number of hydrogen-bond donors (Lipinski definition) is 4. The number of rotatable bonds is 13. The number of fused-ring (bicyclic) bond motifs is 2. The molecule has 1 fully saturated rings. The maximum atomic E-state index is 13.5. The number of imide groups is 1. The summed E-state index contributed by atoms with van der Waals surface area (Å²) in [4.78, 5) is 43.4. The van der Waals surface area contributed by atoms with Gasteiger partial charge in [0.15, 0.2) is 0 Å². The van der Waals surface area contributed by atoms with Gasteiger partial charge in [0.2, 0.25) is 11.8 Å². The summed E-state index contributed by atoms with van der Waals surface area (Å²) in [6.45, 7) is 1.73. The first-order chi connectivity index (χ1) is 21.7. The highest BCUT2D eigenvalue weighted by Crippen LogP contribution is 2.46. The first-order valence-electron chi connectivity index (χ1n) is 15.6. The largest absolute Gasteiger partial charge is 0.507 e. The van der Waals surface area contributed by atoms with Crippen molar-refractivity contribution in [2.45, 2.75) is 58.0 Å². The Bertz CT molecular complexity index is 1630. The monoisotopic (exact) mass is 612 g/mol. The van der Waals surface area contributed by atoms with Crippen molar-refractivity contribution in [3.8, 4) is 5.75 Å². The van der Waals surface area contributed by atoms with Crippen molar-refractivity contribution in [3.63, 3.8) is 0 Å². The van der Waals surface area contributed by atoms with Crippen LogP contribution in [-0.2, 0) is 14.4 Å². The Hall–Kier alpha value is -4.34. The van der Waals surface area contributed by atoms with Crippen LogP contribution in [-0.4, -0.2) is 67.3 Å². The molecule has 0 saturated carbocycles. The van der Waals surface area contributed by atoms with E-state index in [1.54, 1.807) is 12.3 Å². The molecule has 5 rings (SSSR count). The molecule has 9 heteroatoms. The molecule has 2 heterocycles. The van der Waals surface area contributed by atoms with E-state index in [9.17, 15) is 29.7 Å². The molecule has 4 atom stereocenters. The Labute approximate surface area is 262 Å². The maximum absolute atomic E-state index is 13.5. The van der Waals surface area contributed by atoms with Gasteiger partial charge in [-0.2, -0.15) is 0 Å². The summed E-state index contributed by atoms with van der Waals surface area (Å²) in [6, 6.07) is 16.8. The van der Waals surface area contributed by atoms with E-state index in [2.05, 4.69) is 4.98 Å². The third kappa shape index (κ3) is 6.84. The molecule has 236 valence electrons. The van der Waals surface area contributed by atoms with Gasteiger partial charge in [0.25, 0.3) is 0 Å². The van der Waals surface area contributed by atoms with Crippen molar-refractivity contribution in [1.82, 2.24) is 9.88 Å². The van der Waals surface area contributed by atoms with E-state index in [0.717, 1.165) is 33.2 Å². The lowest BCUT2D eigenvalue weighted by Gasteiger charge is -2.35. The number of hydrogen-bond acceptors (Lipinski definition) is 7. The van der Waals surface area contributed by atoms with E-state index < -0.39 is 29.8 Å². The summed E-state index contributed by atoms with van der Waals surface area (Å²) < 4.78 is 0. The first kappa shape index (κ1) is 32.1. The minimum Gasteiger partial charge on any atom is -0.507 e. The van der Waals surface area contributed by atoms with Gasteiger partial charge >= 0.3 is 5.97 Å². The quantitative estimate of drug-likeness (QED) is 0.117. The molecule has 0 radical (unpaired) electrons. The number of pyridine rings is 1. The molecule has 2 amide bonds. The number of aromatic hydroxyl groups is 1. The zero-order chi connectivity index (χ0) is 32.1. The van der Waals surface area contributed by atoms with Gasteiger partial charge in [-0.3, -0.25) is 24.3 Å². The molecule has 3 aromatic rings. The van der Waals surface area contributed by atoms with Crippen molar-refractivity contribution in [2.75, 3.05) is 13.2 Å². The summed E-state index contributed by atoms with van der Waals surface area (Å²) in [6.07, 6.45) is 5.54. The Kier molecular flexibility index (Phi) is 10.1. The maximum Gasteiger partial charge on any atom is 0.303 e. The van der Waals surface area contributed by atoms with Gasteiger partial charge in [0.05, 0.1) is 30.2 Å². The van der Waals surface area contributed by atoms with E-state index in [4.69, 9.17) is 5.11 Å². The second kappa shape index (κ2) is 14.2. The first-order valence-corrected chi connectivity index (χ1v) is 15.6. The summed E-state index contributed by atoms with van der Waals surface area (Å²) in [7, 11) is 0. The van der Waals surface area contributed by atoms with E-state index in [1.807, 2.05) is 61.5 Å². The standard InChI is InChI=1S/C36H40N2O7/c1-22-19-27-34(36(45)38(35(27)44)18-8-2-3-12-32(42)43)28(21-39)33(22)31(41)16-14-24(29-11-6-7-17-37-29)20-23-13-15-30(40)26-10-5-4-9-25(23)26/h4-7,9-11,13,15,17,20,27-28,31,34,39-41H,2-3,8,12,14,16,18-19,21H2,1H3,(H,42,43)/b24-20-/t27-,28+,31-,34-/m1/s1. The molecule has 0 unspecified atom stereocenters. The number of aliphatic hydroxyl groups is 2. The van der Waals surface area contributed by atoms with Crippen LogP contribution >= 0.6 is 0 Å². The lowest BCUT2D eigenvalue weighted by Crippen LogP contribution is -2.39. The lowest BCUT2D eigenvalue weighted by molar-refractivity contribution is -0.141. The van der Waals surface area contributed by atoms with Crippen LogP contribution in [0.1, 0.15) is 63.1 Å². The molecular weight excluding hydrogens is 572 g/mol. The number of benzene rings is 2. The fourth-order valence-corrected chi connectivity index (χ4v) is 7.02. The molecule has 2 aliphatic rings. The third-order valence-corrected chi connectivity index (χ3v) is 9.19. The molecule has 4 N–H and O–H groups in total. The number of carboxylic acid groups (broad SMARTS) is 1. The molecule has 1 saturated heterocycles. The van der Waals surface area contributed by atoms with Crippen LogP contribution < -0.4 is 0 Å². The van der Waals surface area contributed by atoms with Gasteiger partial charge in [0, 0.05) is 30.5 Å². The summed E-state index contributed by atoms with van der Waals surface area (Å²) >= 11 is 0. The number of carbonyl (C=O) groups is 3. The van der Waals surface area contributed by atoms with Gasteiger partial charge in [-0.15, -0.1) is 0 Å². The number of aromatic nitrogens is 1. The lowest BCUT2D eigenvalue weighted by atomic mass is 9.68. The molecule has 2 aromatic carbocycles. The Morgan fingerprint density at radius 1 is 1.00 bits per heavy atom. The van der Waals surface area contributed by atoms with Gasteiger partial charge in [-0.1, -0.05) is 48.4 Å². The number of phenolic OH excluding ortho intramolecular Hbond substituents is 1. The highest BCUT2D eigenvalue weighted by atomic mass is 16.4. The number of likely N-dealkylation sites (tertiary alicyclic amines) is 1. The van der Waals surface area contributed by atoms with Crippen molar-refractivity contribution in [3.05, 3.63) is 83.2 Å². The molecule has 0 bridgehead atoms. The minimum absolute atomic E-state index is 0.0485. The number of unbranched alkanes of at least 4 members (excludes halogenated alkanes) is 2. The number of phenols is 1. The van der Waals surface area contributed by atoms with Gasteiger partial charge in [0.1, 0.15) is 5.75 Å². The van der Waals surface area contributed by atoms with Crippen LogP contribution in [0, 0.1) is 17.8 Å². The fraction of sp³-hybridized carbons (Fsp3) is 0.389. The van der Waals surface area contributed by atoms with E-state index in [1.165, 1.54) is 4.90 Å². The Morgan fingerprint density at radius 2 is 1.76 bits per heavy atom. The van der Waals surface area contributed by atoms with Crippen LogP contribution in [0.15, 0.2) is 71.9 Å². The average molecular weight is 613 g/mol. The number of amides is 2. The average Bonchev–Trinajstić information content (AvgIpc) is 3.27. The normalized spacial score (nSPS) is 21.0. The number of nitrogens with zero attached hydrogens (tertiary/aromatic N) is 2. The number of carbonyl (C=O) groups excluding carboxylic acids is 2. The third-order valence-electron chi connectivity index (χ3n) is 9.19. The van der Waals surface area contributed by atoms with Crippen LogP contribution in [0.4, 0.5) is 0 Å². The number of allylic oxidation sites excluding steroid dienone is 2. The zero-order valence-corrected chi connectivity index (χ0v) is 25.4. The molecular formula is C36H40N2O7. The fourth-order valence-electron chi connectivity index (χ4n) is 7.02. The van der Waals surface area contributed by atoms with Crippen LogP contribution in [0.3, 0.4) is 0 Å². The van der Waals surface area contributed by atoms with Gasteiger partial charge in [-0.05, 0) is 85.4 Å². The Balaban J connectivity index is 1.35. The SMILES string of the molecule is CC1=C([C@H](O)CC/C(=C/c2ccc(O)c3ccccc23)c2ccccn2)[C@H](CO)[C@@H]2C(=O)N(CCCCCC(=O)O)C(=O)[C@@H]2C1. The van der Waals surface area contributed by atoms with Crippen molar-refractivity contribution in [2.24, 2.45) is 17.8 Å². The second-order valence-electron chi connectivity index (χ2n) is 12.1. The highest BCUT2D eigenvalue weighted by molar-refractivity contribution is 6.06. The smallest absolute Gasteiger partial charge is 0.303 e. The van der Waals surface area contributed by atoms with Gasteiger partial charge < -0.3 is 20.4 Å². The van der Waals surface area contributed by atoms with Crippen molar-refractivity contribution < 1.29 is 34.8 Å². The van der Waals surface area contributed by atoms with Gasteiger partial charge in [-0.25, -0.2) is 0 Å². The van der Waals surface area contributed by atoms with Crippen LogP contribution in [0.5, 0.6) is 5.75 Å². The predicted octanol–water partition coefficient (Wildman–Crippen LogP) is 5.20. The van der Waals surface area contributed by atoms with Crippen molar-refractivity contribution >= 4 is 40.2 Å². The van der Waals surface area contributed by atoms with Crippen molar-refractivity contribution in [1.29, 1.82) is 0 Å². The number of carboxylic acids is 1. The molecule has 1 aliphatic carbocycles. The van der Waals surface area contributed by atoms with E-state index in [0.29, 0.717) is 44.1 Å². The molecule has 0 spiro atoms. The van der Waals surface area contributed by atoms with Crippen LogP contribution in [0.2, 0.25) is 0 Å². The second-order valence-corrected chi connectivity index (χ2v) is 12.1. The molecule has 1 aliphatic heterocycles. The van der Waals surface area contributed by atoms with E-state index in [-0.39, 0.29) is 37.1 Å². The Morgan fingerprint density at radius 3 is 2.47 bits per heavy atom. The molecule has 45 heavy (non-hydrogen) atoms. The highest BCUT2D eigenvalue weighted by Gasteiger charge is 2.54. The summed E-state index contributed by atoms with van der Waals surface area (Å²) in [5.74, 6) is -3.23. The topological polar surface area (TPSA) is 148 Å². The predicted molar refractivity (Wildman–Crippen MR) is 171 cm³/mol. The molecule has 1 aromatic heterocycles. The van der Waals surface area contributed by atoms with Crippen LogP contribution in [0.25, 0.3) is 22.4 Å². The minimum atomic E-state index is -0.945. The number of aliphatic hydroxyl groups excluding tert-OH is 2. The van der Waals surface area contributed by atoms with E-state index >= 15 is 0 Å².